The van der Waals surface area contributed by atoms with Crippen LogP contribution in [0.25, 0.3) is 0 Å². The molecule has 1 heterocycles. The topological polar surface area (TPSA) is 30.5 Å². The van der Waals surface area contributed by atoms with E-state index in [-0.39, 0.29) is 0 Å². The first-order valence-corrected chi connectivity index (χ1v) is 8.38. The van der Waals surface area contributed by atoms with Crippen LogP contribution in [-0.4, -0.2) is 13.2 Å². The van der Waals surface area contributed by atoms with E-state index < -0.39 is 0 Å². The number of hydrogen-bond donors (Lipinski definition) is 1. The fourth-order valence-electron chi connectivity index (χ4n) is 2.13. The van der Waals surface area contributed by atoms with Gasteiger partial charge < -0.3 is 14.8 Å². The summed E-state index contributed by atoms with van der Waals surface area (Å²) in [6.45, 7) is 2.17. The molecule has 0 saturated heterocycles. The van der Waals surface area contributed by atoms with Gasteiger partial charge in [-0.05, 0) is 61.7 Å². The summed E-state index contributed by atoms with van der Waals surface area (Å²) in [5.41, 5.74) is 2.23. The third kappa shape index (κ3) is 3.71. The van der Waals surface area contributed by atoms with Crippen molar-refractivity contribution in [2.45, 2.75) is 13.0 Å². The number of nitrogens with one attached hydrogen (secondary N) is 1. The molecule has 0 bridgehead atoms. The summed E-state index contributed by atoms with van der Waals surface area (Å²) >= 11 is 7.00. The van der Waals surface area contributed by atoms with Crippen molar-refractivity contribution in [1.29, 1.82) is 0 Å². The molecule has 0 spiro atoms. The molecule has 3 rings (SSSR count). The van der Waals surface area contributed by atoms with Gasteiger partial charge in [0.15, 0.2) is 11.5 Å². The summed E-state index contributed by atoms with van der Waals surface area (Å²) in [6, 6.07) is 12.2. The van der Waals surface area contributed by atoms with Crippen LogP contribution in [-0.2, 0) is 6.54 Å². The number of ether oxygens (including phenoxy) is 2. The Morgan fingerprint density at radius 2 is 1.71 bits per heavy atom. The second-order valence-electron chi connectivity index (χ2n) is 4.81. The highest BCUT2D eigenvalue weighted by molar-refractivity contribution is 9.13. The van der Waals surface area contributed by atoms with Gasteiger partial charge in [0.05, 0.1) is 13.2 Å². The number of fused-ring (bicyclic) bond motifs is 1. The van der Waals surface area contributed by atoms with Crippen LogP contribution in [0.5, 0.6) is 11.5 Å². The lowest BCUT2D eigenvalue weighted by atomic mass is 10.2. The minimum Gasteiger partial charge on any atom is -0.490 e. The van der Waals surface area contributed by atoms with Gasteiger partial charge >= 0.3 is 0 Å². The summed E-state index contributed by atoms with van der Waals surface area (Å²) in [5, 5.41) is 3.41. The molecular formula is C16H15Br2NO2. The van der Waals surface area contributed by atoms with Crippen molar-refractivity contribution < 1.29 is 9.47 Å². The molecule has 0 saturated carbocycles. The van der Waals surface area contributed by atoms with E-state index in [2.05, 4.69) is 49.3 Å². The largest absolute Gasteiger partial charge is 0.490 e. The van der Waals surface area contributed by atoms with Gasteiger partial charge in [-0.2, -0.15) is 0 Å². The Balaban J connectivity index is 1.70. The standard InChI is InChI=1S/C16H15Br2NO2/c17-13-4-2-11(8-14(13)18)10-19-12-3-5-15-16(9-12)21-7-1-6-20-15/h2-5,8-9,19H,1,6-7,10H2. The molecule has 5 heteroatoms. The fourth-order valence-corrected chi connectivity index (χ4v) is 2.80. The molecule has 0 aromatic heterocycles. The molecule has 0 radical (unpaired) electrons. The van der Waals surface area contributed by atoms with E-state index in [0.29, 0.717) is 13.2 Å². The maximum absolute atomic E-state index is 5.70. The van der Waals surface area contributed by atoms with E-state index in [4.69, 9.17) is 9.47 Å². The average molecular weight is 413 g/mol. The van der Waals surface area contributed by atoms with E-state index in [0.717, 1.165) is 39.1 Å². The summed E-state index contributed by atoms with van der Waals surface area (Å²) < 4.78 is 13.4. The van der Waals surface area contributed by atoms with Gasteiger partial charge in [0.1, 0.15) is 0 Å². The molecule has 1 N–H and O–H groups in total. The molecule has 2 aromatic rings. The molecule has 0 amide bonds. The highest BCUT2D eigenvalue weighted by atomic mass is 79.9. The second-order valence-corrected chi connectivity index (χ2v) is 6.52. The Morgan fingerprint density at radius 3 is 2.52 bits per heavy atom. The molecule has 21 heavy (non-hydrogen) atoms. The van der Waals surface area contributed by atoms with Crippen molar-refractivity contribution in [3.05, 3.63) is 50.9 Å². The van der Waals surface area contributed by atoms with Gasteiger partial charge in [0.2, 0.25) is 0 Å². The molecule has 1 aliphatic heterocycles. The van der Waals surface area contributed by atoms with E-state index in [1.807, 2.05) is 24.3 Å². The lowest BCUT2D eigenvalue weighted by Crippen LogP contribution is -2.00. The Morgan fingerprint density at radius 1 is 0.905 bits per heavy atom. The van der Waals surface area contributed by atoms with E-state index in [1.54, 1.807) is 0 Å². The fraction of sp³-hybridized carbons (Fsp3) is 0.250. The van der Waals surface area contributed by atoms with Crippen LogP contribution in [0.15, 0.2) is 45.3 Å². The zero-order valence-corrected chi connectivity index (χ0v) is 14.5. The summed E-state index contributed by atoms with van der Waals surface area (Å²) in [5.74, 6) is 1.64. The Bertz CT molecular complexity index is 646. The predicted molar refractivity (Wildman–Crippen MR) is 91.2 cm³/mol. The van der Waals surface area contributed by atoms with Crippen molar-refractivity contribution in [3.8, 4) is 11.5 Å². The molecule has 110 valence electrons. The minimum absolute atomic E-state index is 0.704. The van der Waals surface area contributed by atoms with Crippen molar-refractivity contribution in [2.75, 3.05) is 18.5 Å². The maximum atomic E-state index is 5.70. The molecule has 2 aromatic carbocycles. The maximum Gasteiger partial charge on any atom is 0.163 e. The van der Waals surface area contributed by atoms with Crippen molar-refractivity contribution >= 4 is 37.5 Å². The third-order valence-corrected chi connectivity index (χ3v) is 5.11. The highest BCUT2D eigenvalue weighted by Gasteiger charge is 2.10. The highest BCUT2D eigenvalue weighted by Crippen LogP contribution is 2.32. The minimum atomic E-state index is 0.704. The van der Waals surface area contributed by atoms with Crippen molar-refractivity contribution in [3.63, 3.8) is 0 Å². The lowest BCUT2D eigenvalue weighted by Gasteiger charge is -2.11. The number of hydrogen-bond acceptors (Lipinski definition) is 3. The van der Waals surface area contributed by atoms with Crippen LogP contribution in [0, 0.1) is 0 Å². The zero-order valence-electron chi connectivity index (χ0n) is 11.4. The quantitative estimate of drug-likeness (QED) is 0.770. The summed E-state index contributed by atoms with van der Waals surface area (Å²) in [6.07, 6.45) is 0.921. The number of benzene rings is 2. The first-order chi connectivity index (χ1) is 10.2. The number of anilines is 1. The first-order valence-electron chi connectivity index (χ1n) is 6.80. The van der Waals surface area contributed by atoms with Crippen molar-refractivity contribution in [2.24, 2.45) is 0 Å². The van der Waals surface area contributed by atoms with E-state index in [9.17, 15) is 0 Å². The molecule has 3 nitrogen and oxygen atoms in total. The summed E-state index contributed by atoms with van der Waals surface area (Å²) in [4.78, 5) is 0. The van der Waals surface area contributed by atoms with Gasteiger partial charge in [0, 0.05) is 33.7 Å². The third-order valence-electron chi connectivity index (χ3n) is 3.23. The normalized spacial score (nSPS) is 13.6. The molecular weight excluding hydrogens is 398 g/mol. The van der Waals surface area contributed by atoms with Gasteiger partial charge in [-0.15, -0.1) is 0 Å². The van der Waals surface area contributed by atoms with Crippen LogP contribution < -0.4 is 14.8 Å². The van der Waals surface area contributed by atoms with Gasteiger partial charge in [-0.25, -0.2) is 0 Å². The predicted octanol–water partition coefficient (Wildman–Crippen LogP) is 4.99. The second kappa shape index (κ2) is 6.71. The van der Waals surface area contributed by atoms with Crippen LogP contribution in [0.1, 0.15) is 12.0 Å². The molecule has 1 aliphatic rings. The van der Waals surface area contributed by atoms with Gasteiger partial charge in [-0.3, -0.25) is 0 Å². The van der Waals surface area contributed by atoms with Crippen LogP contribution in [0.4, 0.5) is 5.69 Å². The van der Waals surface area contributed by atoms with Gasteiger partial charge in [0.25, 0.3) is 0 Å². The Hall–Kier alpha value is -1.20. The van der Waals surface area contributed by atoms with Crippen LogP contribution in [0.2, 0.25) is 0 Å². The molecule has 0 unspecified atom stereocenters. The first kappa shape index (κ1) is 14.7. The smallest absolute Gasteiger partial charge is 0.163 e. The number of halogens is 2. The van der Waals surface area contributed by atoms with Crippen molar-refractivity contribution in [1.82, 2.24) is 0 Å². The molecule has 0 fully saturated rings. The van der Waals surface area contributed by atoms with E-state index >= 15 is 0 Å². The SMILES string of the molecule is Brc1ccc(CNc2ccc3c(c2)OCCCO3)cc1Br. The van der Waals surface area contributed by atoms with E-state index in [1.165, 1.54) is 5.56 Å². The zero-order chi connectivity index (χ0) is 14.7. The number of rotatable bonds is 3. The Labute approximate surface area is 140 Å². The van der Waals surface area contributed by atoms with Crippen LogP contribution >= 0.6 is 31.9 Å². The monoisotopic (exact) mass is 411 g/mol. The summed E-state index contributed by atoms with van der Waals surface area (Å²) in [7, 11) is 0. The molecule has 0 aliphatic carbocycles. The molecule has 0 atom stereocenters. The van der Waals surface area contributed by atoms with Crippen LogP contribution in [0.3, 0.4) is 0 Å². The Kier molecular flexibility index (Phi) is 4.70. The average Bonchev–Trinajstić information content (AvgIpc) is 2.73. The lowest BCUT2D eigenvalue weighted by molar-refractivity contribution is 0.297. The van der Waals surface area contributed by atoms with Gasteiger partial charge in [-0.1, -0.05) is 6.07 Å².